The molecule has 0 aromatic carbocycles. The fraction of sp³-hybridized carbons (Fsp3) is 0.300. The zero-order chi connectivity index (χ0) is 12.0. The highest BCUT2D eigenvalue weighted by Gasteiger charge is 2.06. The van der Waals surface area contributed by atoms with Gasteiger partial charge in [-0.2, -0.15) is 0 Å². The van der Waals surface area contributed by atoms with Crippen LogP contribution in [-0.2, 0) is 0 Å². The highest BCUT2D eigenvalue weighted by atomic mass is 16.6. The van der Waals surface area contributed by atoms with Gasteiger partial charge in [0, 0.05) is 27.3 Å². The second-order valence-electron chi connectivity index (χ2n) is 3.19. The molecule has 1 aromatic rings. The van der Waals surface area contributed by atoms with E-state index in [1.807, 2.05) is 14.1 Å². The molecule has 0 radical (unpaired) electrons. The van der Waals surface area contributed by atoms with Crippen molar-refractivity contribution >= 4 is 18.1 Å². The summed E-state index contributed by atoms with van der Waals surface area (Å²) in [4.78, 5) is 20.8. The number of carbonyl (C=O) groups excluding carboxylic acids is 1. The largest absolute Gasteiger partial charge is 0.412 e. The summed E-state index contributed by atoms with van der Waals surface area (Å²) in [6, 6.07) is 1.66. The molecule has 0 aliphatic carbocycles. The van der Waals surface area contributed by atoms with E-state index in [0.717, 1.165) is 0 Å². The Balaban J connectivity index is 2.87. The molecule has 0 saturated heterocycles. The lowest BCUT2D eigenvalue weighted by molar-refractivity contribution is 0.203. The van der Waals surface area contributed by atoms with Gasteiger partial charge in [-0.3, -0.25) is 4.98 Å². The number of hydrogen-bond acceptors (Lipinski definition) is 4. The molecule has 86 valence electrons. The van der Waals surface area contributed by atoms with E-state index < -0.39 is 6.09 Å². The van der Waals surface area contributed by atoms with Crippen LogP contribution in [0.3, 0.4) is 0 Å². The van der Waals surface area contributed by atoms with Crippen LogP contribution in [0.1, 0.15) is 0 Å². The molecule has 0 aliphatic heterocycles. The molecule has 1 amide bonds. The molecule has 6 heteroatoms. The Kier molecular flexibility index (Phi) is 4.26. The van der Waals surface area contributed by atoms with Crippen LogP contribution in [0.25, 0.3) is 0 Å². The molecule has 1 aromatic heterocycles. The number of ether oxygens (including phenoxy) is 1. The monoisotopic (exact) mass is 222 g/mol. The van der Waals surface area contributed by atoms with Crippen molar-refractivity contribution in [1.29, 1.82) is 0 Å². The fourth-order valence-corrected chi connectivity index (χ4v) is 0.886. The van der Waals surface area contributed by atoms with E-state index in [1.165, 1.54) is 13.2 Å². The lowest BCUT2D eigenvalue weighted by Gasteiger charge is -2.06. The molecule has 0 atom stereocenters. The second-order valence-corrected chi connectivity index (χ2v) is 3.19. The molecular weight excluding hydrogens is 208 g/mol. The first kappa shape index (κ1) is 12.0. The van der Waals surface area contributed by atoms with Gasteiger partial charge in [-0.25, -0.2) is 9.79 Å². The highest BCUT2D eigenvalue weighted by Crippen LogP contribution is 2.25. The molecule has 0 fully saturated rings. The second kappa shape index (κ2) is 5.69. The van der Waals surface area contributed by atoms with Gasteiger partial charge in [-0.1, -0.05) is 0 Å². The van der Waals surface area contributed by atoms with Crippen LogP contribution >= 0.6 is 0 Å². The maximum absolute atomic E-state index is 11.0. The fourth-order valence-electron chi connectivity index (χ4n) is 0.886. The van der Waals surface area contributed by atoms with Crippen molar-refractivity contribution in [3.63, 3.8) is 0 Å². The third-order valence-corrected chi connectivity index (χ3v) is 1.60. The lowest BCUT2D eigenvalue weighted by Crippen LogP contribution is -2.22. The predicted molar refractivity (Wildman–Crippen MR) is 61.2 cm³/mol. The Morgan fingerprint density at radius 1 is 1.62 bits per heavy atom. The third-order valence-electron chi connectivity index (χ3n) is 1.60. The predicted octanol–water partition coefficient (Wildman–Crippen LogP) is 1.02. The van der Waals surface area contributed by atoms with Crippen LogP contribution in [0.2, 0.25) is 0 Å². The number of carbonyl (C=O) groups is 1. The van der Waals surface area contributed by atoms with E-state index >= 15 is 0 Å². The average molecular weight is 222 g/mol. The van der Waals surface area contributed by atoms with Crippen molar-refractivity contribution < 1.29 is 9.53 Å². The molecule has 1 N–H and O–H groups in total. The van der Waals surface area contributed by atoms with Crippen molar-refractivity contribution in [1.82, 2.24) is 15.2 Å². The van der Waals surface area contributed by atoms with Gasteiger partial charge in [-0.05, 0) is 6.07 Å². The van der Waals surface area contributed by atoms with E-state index in [-0.39, 0.29) is 0 Å². The van der Waals surface area contributed by atoms with Gasteiger partial charge in [0.15, 0.2) is 5.75 Å². The molecule has 1 rings (SSSR count). The minimum Gasteiger partial charge on any atom is -0.406 e. The zero-order valence-corrected chi connectivity index (χ0v) is 9.47. The number of nitrogens with one attached hydrogen (secondary N) is 1. The van der Waals surface area contributed by atoms with Crippen molar-refractivity contribution in [2.75, 3.05) is 21.1 Å². The summed E-state index contributed by atoms with van der Waals surface area (Å²) < 4.78 is 4.98. The van der Waals surface area contributed by atoms with Gasteiger partial charge in [0.2, 0.25) is 0 Å². The summed E-state index contributed by atoms with van der Waals surface area (Å²) in [5.41, 5.74) is 0.548. The first-order valence-electron chi connectivity index (χ1n) is 4.67. The Bertz CT molecular complexity index is 390. The topological polar surface area (TPSA) is 66.8 Å². The Labute approximate surface area is 94.0 Å². The SMILES string of the molecule is CNC(=O)Oc1cnccc1N=CN(C)C. The number of amides is 1. The van der Waals surface area contributed by atoms with Crippen LogP contribution in [-0.4, -0.2) is 43.5 Å². The molecular formula is C10H14N4O2. The van der Waals surface area contributed by atoms with Crippen molar-refractivity contribution in [3.05, 3.63) is 18.5 Å². The standard InChI is InChI=1S/C10H14N4O2/c1-11-10(15)16-9-6-12-5-4-8(9)13-7-14(2)3/h4-7H,1-3H3,(H,11,15). The summed E-state index contributed by atoms with van der Waals surface area (Å²) in [6.45, 7) is 0. The molecule has 0 aliphatic rings. The number of hydrogen-bond donors (Lipinski definition) is 1. The maximum Gasteiger partial charge on any atom is 0.412 e. The van der Waals surface area contributed by atoms with E-state index in [0.29, 0.717) is 11.4 Å². The molecule has 0 spiro atoms. The average Bonchev–Trinajstić information content (AvgIpc) is 2.27. The van der Waals surface area contributed by atoms with Gasteiger partial charge in [0.1, 0.15) is 5.69 Å². The normalized spacial score (nSPS) is 10.2. The Morgan fingerprint density at radius 2 is 2.38 bits per heavy atom. The number of nitrogens with zero attached hydrogens (tertiary/aromatic N) is 3. The van der Waals surface area contributed by atoms with E-state index in [1.54, 1.807) is 23.5 Å². The summed E-state index contributed by atoms with van der Waals surface area (Å²) in [7, 11) is 5.19. The van der Waals surface area contributed by atoms with E-state index in [4.69, 9.17) is 4.74 Å². The van der Waals surface area contributed by atoms with Crippen molar-refractivity contribution in [2.45, 2.75) is 0 Å². The van der Waals surface area contributed by atoms with Gasteiger partial charge < -0.3 is 15.0 Å². The quantitative estimate of drug-likeness (QED) is 0.612. The first-order chi connectivity index (χ1) is 7.63. The summed E-state index contributed by atoms with van der Waals surface area (Å²) >= 11 is 0. The number of rotatable bonds is 3. The molecule has 0 bridgehead atoms. The van der Waals surface area contributed by atoms with E-state index in [2.05, 4.69) is 15.3 Å². The van der Waals surface area contributed by atoms with Crippen LogP contribution in [0.15, 0.2) is 23.5 Å². The van der Waals surface area contributed by atoms with Gasteiger partial charge in [0.25, 0.3) is 0 Å². The lowest BCUT2D eigenvalue weighted by atomic mass is 10.4. The summed E-state index contributed by atoms with van der Waals surface area (Å²) in [6.07, 6.45) is 4.09. The third kappa shape index (κ3) is 3.56. The van der Waals surface area contributed by atoms with Crippen molar-refractivity contribution in [3.8, 4) is 5.75 Å². The Morgan fingerprint density at radius 3 is 3.00 bits per heavy atom. The van der Waals surface area contributed by atoms with Crippen molar-refractivity contribution in [2.24, 2.45) is 4.99 Å². The number of pyridine rings is 1. The molecule has 16 heavy (non-hydrogen) atoms. The molecule has 6 nitrogen and oxygen atoms in total. The highest BCUT2D eigenvalue weighted by molar-refractivity contribution is 5.73. The van der Waals surface area contributed by atoms with Crippen LogP contribution in [0.5, 0.6) is 5.75 Å². The minimum absolute atomic E-state index is 0.319. The van der Waals surface area contributed by atoms with Crippen LogP contribution < -0.4 is 10.1 Å². The first-order valence-corrected chi connectivity index (χ1v) is 4.67. The molecule has 0 unspecified atom stereocenters. The summed E-state index contributed by atoms with van der Waals surface area (Å²) in [5, 5.41) is 2.35. The summed E-state index contributed by atoms with van der Waals surface area (Å²) in [5.74, 6) is 0.319. The zero-order valence-electron chi connectivity index (χ0n) is 9.47. The van der Waals surface area contributed by atoms with Gasteiger partial charge in [-0.15, -0.1) is 0 Å². The molecule has 0 saturated carbocycles. The Hall–Kier alpha value is -2.11. The van der Waals surface area contributed by atoms with Gasteiger partial charge >= 0.3 is 6.09 Å². The van der Waals surface area contributed by atoms with E-state index in [9.17, 15) is 4.79 Å². The maximum atomic E-state index is 11.0. The number of aromatic nitrogens is 1. The smallest absolute Gasteiger partial charge is 0.406 e. The molecule has 1 heterocycles. The van der Waals surface area contributed by atoms with Gasteiger partial charge in [0.05, 0.1) is 12.5 Å². The minimum atomic E-state index is -0.547. The van der Waals surface area contributed by atoms with Crippen LogP contribution in [0, 0.1) is 0 Å². The van der Waals surface area contributed by atoms with Crippen LogP contribution in [0.4, 0.5) is 10.5 Å². The number of aliphatic imine (C=N–C) groups is 1.